The van der Waals surface area contributed by atoms with Gasteiger partial charge in [0, 0.05) is 11.1 Å². The van der Waals surface area contributed by atoms with Gasteiger partial charge in [0.2, 0.25) is 0 Å². The van der Waals surface area contributed by atoms with Gasteiger partial charge < -0.3 is 4.74 Å². The molecule has 21 heavy (non-hydrogen) atoms. The molecule has 0 atom stereocenters. The van der Waals surface area contributed by atoms with Crippen LogP contribution in [0.1, 0.15) is 21.5 Å². The van der Waals surface area contributed by atoms with Crippen molar-refractivity contribution in [2.45, 2.75) is 0 Å². The van der Waals surface area contributed by atoms with E-state index in [2.05, 4.69) is 22.2 Å². The minimum absolute atomic E-state index is 0.367. The fraction of sp³-hybridized carbons (Fsp3) is 0.118. The maximum absolute atomic E-state index is 12.0. The standard InChI is InChI=1S/C17H15NO3/c1-20-15-11-10-14(16(12-15)17(19)18-21-2)9-8-13-6-4-3-5-7-13/h3-7,10-12H,1-2H3,(H,18,19). The van der Waals surface area contributed by atoms with Gasteiger partial charge in [-0.15, -0.1) is 0 Å². The Kier molecular flexibility index (Phi) is 4.97. The minimum atomic E-state index is -0.367. The minimum Gasteiger partial charge on any atom is -0.497 e. The van der Waals surface area contributed by atoms with Crippen LogP contribution in [0.25, 0.3) is 0 Å². The van der Waals surface area contributed by atoms with Crippen molar-refractivity contribution < 1.29 is 14.4 Å². The largest absolute Gasteiger partial charge is 0.497 e. The molecule has 1 N–H and O–H groups in total. The second-order valence-corrected chi connectivity index (χ2v) is 4.16. The molecule has 0 aliphatic rings. The van der Waals surface area contributed by atoms with Crippen LogP contribution >= 0.6 is 0 Å². The van der Waals surface area contributed by atoms with Crippen LogP contribution in [0.15, 0.2) is 48.5 Å². The molecule has 1 amide bonds. The molecule has 0 radical (unpaired) electrons. The molecular formula is C17H15NO3. The lowest BCUT2D eigenvalue weighted by atomic mass is 10.1. The number of rotatable bonds is 3. The first-order valence-corrected chi connectivity index (χ1v) is 6.33. The zero-order valence-corrected chi connectivity index (χ0v) is 11.8. The Morgan fingerprint density at radius 1 is 1.05 bits per heavy atom. The first-order valence-electron chi connectivity index (χ1n) is 6.33. The average molecular weight is 281 g/mol. The quantitative estimate of drug-likeness (QED) is 0.694. The van der Waals surface area contributed by atoms with E-state index in [1.54, 1.807) is 25.3 Å². The summed E-state index contributed by atoms with van der Waals surface area (Å²) >= 11 is 0. The number of amides is 1. The van der Waals surface area contributed by atoms with Gasteiger partial charge in [-0.2, -0.15) is 0 Å². The SMILES string of the molecule is CONC(=O)c1cc(OC)ccc1C#Cc1ccccc1. The van der Waals surface area contributed by atoms with Crippen molar-refractivity contribution in [2.75, 3.05) is 14.2 Å². The Hall–Kier alpha value is -2.77. The molecule has 4 nitrogen and oxygen atoms in total. The van der Waals surface area contributed by atoms with E-state index in [1.165, 1.54) is 7.11 Å². The number of methoxy groups -OCH3 is 1. The highest BCUT2D eigenvalue weighted by atomic mass is 16.6. The fourth-order valence-corrected chi connectivity index (χ4v) is 1.76. The molecule has 2 aromatic rings. The lowest BCUT2D eigenvalue weighted by Gasteiger charge is -2.07. The van der Waals surface area contributed by atoms with Gasteiger partial charge in [0.15, 0.2) is 0 Å². The summed E-state index contributed by atoms with van der Waals surface area (Å²) in [4.78, 5) is 16.6. The van der Waals surface area contributed by atoms with E-state index < -0.39 is 0 Å². The second-order valence-electron chi connectivity index (χ2n) is 4.16. The summed E-state index contributed by atoms with van der Waals surface area (Å²) in [5.74, 6) is 6.24. The molecule has 0 unspecified atom stereocenters. The molecule has 0 heterocycles. The summed E-state index contributed by atoms with van der Waals surface area (Å²) in [6, 6.07) is 14.7. The number of carbonyl (C=O) groups excluding carboxylic acids is 1. The topological polar surface area (TPSA) is 47.6 Å². The number of hydrogen-bond acceptors (Lipinski definition) is 3. The molecule has 2 rings (SSSR count). The molecule has 2 aromatic carbocycles. The van der Waals surface area contributed by atoms with E-state index in [0.29, 0.717) is 16.9 Å². The maximum atomic E-state index is 12.0. The van der Waals surface area contributed by atoms with Gasteiger partial charge in [-0.05, 0) is 30.3 Å². The third kappa shape index (κ3) is 3.85. The summed E-state index contributed by atoms with van der Waals surface area (Å²) in [5, 5.41) is 0. The molecule has 0 bridgehead atoms. The smallest absolute Gasteiger partial charge is 0.276 e. The van der Waals surface area contributed by atoms with Gasteiger partial charge in [-0.1, -0.05) is 30.0 Å². The van der Waals surface area contributed by atoms with Crippen molar-refractivity contribution in [1.82, 2.24) is 5.48 Å². The van der Waals surface area contributed by atoms with Crippen LogP contribution in [0.4, 0.5) is 0 Å². The molecule has 4 heteroatoms. The van der Waals surface area contributed by atoms with Gasteiger partial charge in [0.25, 0.3) is 5.91 Å². The van der Waals surface area contributed by atoms with Crippen molar-refractivity contribution in [3.8, 4) is 17.6 Å². The van der Waals surface area contributed by atoms with E-state index in [1.807, 2.05) is 30.3 Å². The highest BCUT2D eigenvalue weighted by Crippen LogP contribution is 2.17. The van der Waals surface area contributed by atoms with Gasteiger partial charge in [-0.3, -0.25) is 9.63 Å². The van der Waals surface area contributed by atoms with Crippen molar-refractivity contribution in [3.63, 3.8) is 0 Å². The highest BCUT2D eigenvalue weighted by molar-refractivity contribution is 5.96. The van der Waals surface area contributed by atoms with Crippen LogP contribution in [0.2, 0.25) is 0 Å². The molecule has 0 saturated carbocycles. The molecule has 0 fully saturated rings. The lowest BCUT2D eigenvalue weighted by Crippen LogP contribution is -2.22. The second kappa shape index (κ2) is 7.13. The fourth-order valence-electron chi connectivity index (χ4n) is 1.76. The summed E-state index contributed by atoms with van der Waals surface area (Å²) in [6.07, 6.45) is 0. The normalized spacial score (nSPS) is 9.43. The molecule has 0 aromatic heterocycles. The van der Waals surface area contributed by atoms with E-state index in [-0.39, 0.29) is 5.91 Å². The van der Waals surface area contributed by atoms with E-state index in [0.717, 1.165) is 5.56 Å². The van der Waals surface area contributed by atoms with Gasteiger partial charge in [-0.25, -0.2) is 5.48 Å². The van der Waals surface area contributed by atoms with Crippen molar-refractivity contribution in [3.05, 3.63) is 65.2 Å². The predicted molar refractivity (Wildman–Crippen MR) is 79.9 cm³/mol. The molecular weight excluding hydrogens is 266 g/mol. The third-order valence-corrected chi connectivity index (χ3v) is 2.78. The van der Waals surface area contributed by atoms with Crippen LogP contribution in [0, 0.1) is 11.8 Å². The number of ether oxygens (including phenoxy) is 1. The number of hydrogen-bond donors (Lipinski definition) is 1. The molecule has 106 valence electrons. The van der Waals surface area contributed by atoms with Crippen LogP contribution in [-0.4, -0.2) is 20.1 Å². The highest BCUT2D eigenvalue weighted by Gasteiger charge is 2.11. The maximum Gasteiger partial charge on any atom is 0.276 e. The lowest BCUT2D eigenvalue weighted by molar-refractivity contribution is 0.0537. The summed E-state index contributed by atoms with van der Waals surface area (Å²) in [5.41, 5.74) is 4.18. The van der Waals surface area contributed by atoms with E-state index in [4.69, 9.17) is 4.74 Å². The summed E-state index contributed by atoms with van der Waals surface area (Å²) in [6.45, 7) is 0. The van der Waals surface area contributed by atoms with Crippen LogP contribution in [0.3, 0.4) is 0 Å². The Bertz CT molecular complexity index is 684. The number of benzene rings is 2. The monoisotopic (exact) mass is 281 g/mol. The van der Waals surface area contributed by atoms with Crippen molar-refractivity contribution in [2.24, 2.45) is 0 Å². The number of nitrogens with one attached hydrogen (secondary N) is 1. The van der Waals surface area contributed by atoms with Crippen LogP contribution in [-0.2, 0) is 4.84 Å². The van der Waals surface area contributed by atoms with Crippen LogP contribution < -0.4 is 10.2 Å². The van der Waals surface area contributed by atoms with Crippen molar-refractivity contribution >= 4 is 5.91 Å². The first kappa shape index (κ1) is 14.6. The summed E-state index contributed by atoms with van der Waals surface area (Å²) in [7, 11) is 2.93. The third-order valence-electron chi connectivity index (χ3n) is 2.78. The molecule has 0 saturated heterocycles. The Labute approximate surface area is 123 Å². The Morgan fingerprint density at radius 3 is 2.48 bits per heavy atom. The van der Waals surface area contributed by atoms with E-state index >= 15 is 0 Å². The van der Waals surface area contributed by atoms with Gasteiger partial charge in [0.05, 0.1) is 19.8 Å². The summed E-state index contributed by atoms with van der Waals surface area (Å²) < 4.78 is 5.13. The van der Waals surface area contributed by atoms with Gasteiger partial charge in [0.1, 0.15) is 5.75 Å². The predicted octanol–water partition coefficient (Wildman–Crippen LogP) is 2.39. The van der Waals surface area contributed by atoms with E-state index in [9.17, 15) is 4.79 Å². The Morgan fingerprint density at radius 2 is 1.81 bits per heavy atom. The van der Waals surface area contributed by atoms with Crippen LogP contribution in [0.5, 0.6) is 5.75 Å². The number of hydroxylamine groups is 1. The van der Waals surface area contributed by atoms with Crippen molar-refractivity contribution in [1.29, 1.82) is 0 Å². The zero-order valence-electron chi connectivity index (χ0n) is 11.8. The average Bonchev–Trinajstić information content (AvgIpc) is 2.54. The zero-order chi connectivity index (χ0) is 15.1. The molecule has 0 aliphatic carbocycles. The number of carbonyl (C=O) groups is 1. The Balaban J connectivity index is 2.39. The van der Waals surface area contributed by atoms with Gasteiger partial charge >= 0.3 is 0 Å². The molecule has 0 aliphatic heterocycles. The molecule has 0 spiro atoms. The first-order chi connectivity index (χ1) is 10.2.